The Balaban J connectivity index is 2.12. The van der Waals surface area contributed by atoms with Crippen molar-refractivity contribution in [3.63, 3.8) is 0 Å². The standard InChI is InChI=1S/C16H17FN2O3S/c1-11-2-4-12(5-3-11)13-6-7-14(15(17)10-13)16(20)19-8-9-23(18,21)22/h2-7,10H,8-9H2,1H3,(H,19,20)(H2,18,21,22). The van der Waals surface area contributed by atoms with E-state index in [9.17, 15) is 17.6 Å². The van der Waals surface area contributed by atoms with Gasteiger partial charge in [0.25, 0.3) is 5.91 Å². The molecule has 0 fully saturated rings. The van der Waals surface area contributed by atoms with E-state index in [1.807, 2.05) is 31.2 Å². The molecule has 23 heavy (non-hydrogen) atoms. The van der Waals surface area contributed by atoms with Gasteiger partial charge in [0.1, 0.15) is 5.82 Å². The second-order valence-electron chi connectivity index (χ2n) is 5.18. The zero-order chi connectivity index (χ0) is 17.0. The van der Waals surface area contributed by atoms with Crippen molar-refractivity contribution in [2.45, 2.75) is 6.92 Å². The topological polar surface area (TPSA) is 89.3 Å². The molecule has 0 aromatic heterocycles. The number of primary sulfonamides is 1. The minimum absolute atomic E-state index is 0.143. The Kier molecular flexibility index (Phi) is 5.12. The largest absolute Gasteiger partial charge is 0.351 e. The van der Waals surface area contributed by atoms with Crippen LogP contribution >= 0.6 is 0 Å². The summed E-state index contributed by atoms with van der Waals surface area (Å²) in [5.74, 6) is -1.75. The second kappa shape index (κ2) is 6.89. The van der Waals surface area contributed by atoms with E-state index in [1.54, 1.807) is 6.07 Å². The molecular weight excluding hydrogens is 319 g/mol. The molecule has 0 bridgehead atoms. The van der Waals surface area contributed by atoms with Crippen LogP contribution in [-0.4, -0.2) is 26.6 Å². The molecule has 2 aromatic rings. The highest BCUT2D eigenvalue weighted by atomic mass is 32.2. The van der Waals surface area contributed by atoms with Gasteiger partial charge in [-0.1, -0.05) is 35.9 Å². The van der Waals surface area contributed by atoms with Crippen LogP contribution in [0.4, 0.5) is 4.39 Å². The molecule has 0 heterocycles. The van der Waals surface area contributed by atoms with Crippen LogP contribution in [0.25, 0.3) is 11.1 Å². The summed E-state index contributed by atoms with van der Waals surface area (Å²) in [5, 5.41) is 7.16. The van der Waals surface area contributed by atoms with Crippen LogP contribution in [-0.2, 0) is 10.0 Å². The van der Waals surface area contributed by atoms with Gasteiger partial charge in [-0.15, -0.1) is 0 Å². The van der Waals surface area contributed by atoms with Gasteiger partial charge in [-0.05, 0) is 30.2 Å². The summed E-state index contributed by atoms with van der Waals surface area (Å²) < 4.78 is 35.7. The molecule has 122 valence electrons. The molecule has 0 saturated carbocycles. The molecule has 0 radical (unpaired) electrons. The fourth-order valence-corrected chi connectivity index (χ4v) is 2.41. The lowest BCUT2D eigenvalue weighted by atomic mass is 10.0. The van der Waals surface area contributed by atoms with Gasteiger partial charge < -0.3 is 5.32 Å². The number of benzene rings is 2. The lowest BCUT2D eigenvalue weighted by molar-refractivity contribution is 0.0952. The van der Waals surface area contributed by atoms with Gasteiger partial charge in [0.2, 0.25) is 10.0 Å². The lowest BCUT2D eigenvalue weighted by Gasteiger charge is -2.08. The van der Waals surface area contributed by atoms with Gasteiger partial charge in [0.05, 0.1) is 11.3 Å². The zero-order valence-corrected chi connectivity index (χ0v) is 13.4. The predicted octanol–water partition coefficient (Wildman–Crippen LogP) is 1.82. The van der Waals surface area contributed by atoms with Gasteiger partial charge in [0, 0.05) is 6.54 Å². The van der Waals surface area contributed by atoms with Gasteiger partial charge in [-0.2, -0.15) is 0 Å². The highest BCUT2D eigenvalue weighted by Gasteiger charge is 2.13. The molecule has 0 atom stereocenters. The van der Waals surface area contributed by atoms with Crippen LogP contribution in [0.3, 0.4) is 0 Å². The quantitative estimate of drug-likeness (QED) is 0.873. The minimum atomic E-state index is -3.67. The Morgan fingerprint density at radius 1 is 1.13 bits per heavy atom. The first-order valence-corrected chi connectivity index (χ1v) is 8.63. The average molecular weight is 336 g/mol. The van der Waals surface area contributed by atoms with Crippen LogP contribution in [0.5, 0.6) is 0 Å². The molecule has 0 saturated heterocycles. The molecule has 0 aliphatic heterocycles. The van der Waals surface area contributed by atoms with Crippen molar-refractivity contribution in [1.82, 2.24) is 5.32 Å². The first-order chi connectivity index (χ1) is 10.8. The first kappa shape index (κ1) is 17.1. The number of aryl methyl sites for hydroxylation is 1. The number of carbonyl (C=O) groups is 1. The molecule has 0 unspecified atom stereocenters. The SMILES string of the molecule is Cc1ccc(-c2ccc(C(=O)NCCS(N)(=O)=O)c(F)c2)cc1. The Morgan fingerprint density at radius 2 is 1.74 bits per heavy atom. The molecule has 7 heteroatoms. The molecule has 0 aliphatic rings. The fourth-order valence-electron chi connectivity index (χ4n) is 2.03. The third-order valence-corrected chi connectivity index (χ3v) is 4.04. The van der Waals surface area contributed by atoms with Crippen LogP contribution in [0, 0.1) is 12.7 Å². The maximum absolute atomic E-state index is 14.1. The van der Waals surface area contributed by atoms with Crippen molar-refractivity contribution < 1.29 is 17.6 Å². The highest BCUT2D eigenvalue weighted by molar-refractivity contribution is 7.89. The van der Waals surface area contributed by atoms with E-state index < -0.39 is 27.5 Å². The number of sulfonamides is 1. The maximum Gasteiger partial charge on any atom is 0.254 e. The summed E-state index contributed by atoms with van der Waals surface area (Å²) >= 11 is 0. The van der Waals surface area contributed by atoms with Crippen molar-refractivity contribution in [3.8, 4) is 11.1 Å². The van der Waals surface area contributed by atoms with E-state index in [4.69, 9.17) is 5.14 Å². The van der Waals surface area contributed by atoms with Gasteiger partial charge in [-0.3, -0.25) is 4.79 Å². The normalized spacial score (nSPS) is 11.3. The van der Waals surface area contributed by atoms with E-state index in [2.05, 4.69) is 5.32 Å². The first-order valence-electron chi connectivity index (χ1n) is 6.91. The second-order valence-corrected chi connectivity index (χ2v) is 6.92. The van der Waals surface area contributed by atoms with Crippen molar-refractivity contribution in [2.24, 2.45) is 5.14 Å². The molecule has 2 aromatic carbocycles. The van der Waals surface area contributed by atoms with Gasteiger partial charge >= 0.3 is 0 Å². The summed E-state index contributed by atoms with van der Waals surface area (Å²) in [6, 6.07) is 11.9. The lowest BCUT2D eigenvalue weighted by Crippen LogP contribution is -2.31. The summed E-state index contributed by atoms with van der Waals surface area (Å²) in [7, 11) is -3.67. The smallest absolute Gasteiger partial charge is 0.254 e. The van der Waals surface area contributed by atoms with Crippen LogP contribution in [0.1, 0.15) is 15.9 Å². The number of hydrogen-bond acceptors (Lipinski definition) is 3. The van der Waals surface area contributed by atoms with Gasteiger partial charge in [0.15, 0.2) is 0 Å². The Morgan fingerprint density at radius 3 is 2.30 bits per heavy atom. The van der Waals surface area contributed by atoms with Crippen molar-refractivity contribution in [1.29, 1.82) is 0 Å². The summed E-state index contributed by atoms with van der Waals surface area (Å²) in [6.07, 6.45) is 0. The van der Waals surface area contributed by atoms with E-state index >= 15 is 0 Å². The number of nitrogens with two attached hydrogens (primary N) is 1. The number of halogens is 1. The molecule has 2 rings (SSSR count). The summed E-state index contributed by atoms with van der Waals surface area (Å²) in [5.41, 5.74) is 2.45. The molecule has 1 amide bonds. The molecule has 0 spiro atoms. The number of rotatable bonds is 5. The van der Waals surface area contributed by atoms with Crippen molar-refractivity contribution >= 4 is 15.9 Å². The number of amides is 1. The third kappa shape index (κ3) is 4.87. The number of carbonyl (C=O) groups excluding carboxylic acids is 1. The Labute approximate surface area is 134 Å². The molecule has 0 aliphatic carbocycles. The van der Waals surface area contributed by atoms with E-state index in [-0.39, 0.29) is 12.1 Å². The fraction of sp³-hybridized carbons (Fsp3) is 0.188. The van der Waals surface area contributed by atoms with Crippen LogP contribution in [0.2, 0.25) is 0 Å². The average Bonchev–Trinajstić information content (AvgIpc) is 2.46. The monoisotopic (exact) mass is 336 g/mol. The van der Waals surface area contributed by atoms with Gasteiger partial charge in [-0.25, -0.2) is 17.9 Å². The third-order valence-electron chi connectivity index (χ3n) is 3.27. The van der Waals surface area contributed by atoms with Crippen LogP contribution in [0.15, 0.2) is 42.5 Å². The predicted molar refractivity (Wildman–Crippen MR) is 86.9 cm³/mol. The van der Waals surface area contributed by atoms with E-state index in [1.165, 1.54) is 12.1 Å². The number of hydrogen-bond donors (Lipinski definition) is 2. The molecule has 5 nitrogen and oxygen atoms in total. The Hall–Kier alpha value is -2.25. The van der Waals surface area contributed by atoms with E-state index in [0.717, 1.165) is 11.1 Å². The maximum atomic E-state index is 14.1. The van der Waals surface area contributed by atoms with Crippen molar-refractivity contribution in [2.75, 3.05) is 12.3 Å². The summed E-state index contributed by atoms with van der Waals surface area (Å²) in [6.45, 7) is 1.79. The summed E-state index contributed by atoms with van der Waals surface area (Å²) in [4.78, 5) is 11.9. The van der Waals surface area contributed by atoms with Crippen LogP contribution < -0.4 is 10.5 Å². The molecular formula is C16H17FN2O3S. The van der Waals surface area contributed by atoms with E-state index in [0.29, 0.717) is 5.56 Å². The highest BCUT2D eigenvalue weighted by Crippen LogP contribution is 2.22. The zero-order valence-electron chi connectivity index (χ0n) is 12.5. The number of nitrogens with one attached hydrogen (secondary N) is 1. The Bertz CT molecular complexity index is 818. The minimum Gasteiger partial charge on any atom is -0.351 e. The molecule has 3 N–H and O–H groups in total. The van der Waals surface area contributed by atoms with Crippen molar-refractivity contribution in [3.05, 3.63) is 59.4 Å².